The average Bonchev–Trinajstić information content (AvgIpc) is 3.22. The smallest absolute Gasteiger partial charge is 0.238 e. The summed E-state index contributed by atoms with van der Waals surface area (Å²) in [6.45, 7) is 5.56. The fraction of sp³-hybridized carbons (Fsp3) is 0.348. The Morgan fingerprint density at radius 3 is 2.39 bits per heavy atom. The molecular formula is C23H26FN5OS. The second kappa shape index (κ2) is 9.51. The van der Waals surface area contributed by atoms with Crippen molar-refractivity contribution in [3.63, 3.8) is 0 Å². The minimum Gasteiger partial charge on any atom is -0.342 e. The molecule has 3 aromatic rings. The number of aromatic nitrogens is 3. The topological polar surface area (TPSA) is 63.1 Å². The van der Waals surface area contributed by atoms with Crippen LogP contribution in [-0.4, -0.2) is 44.0 Å². The standard InChI is InChI=1S/C23H26FN5OS/c1-3-14-28(15-4-2)22(30)20-19(16-10-12-18(24)13-11-16)27-29-21(25-26-23(29)31-20)17-8-6-5-7-9-17/h5-13,19-20,27H,3-4,14-15H2,1-2H3. The van der Waals surface area contributed by atoms with E-state index in [1.165, 1.54) is 23.9 Å². The van der Waals surface area contributed by atoms with Crippen molar-refractivity contribution in [2.45, 2.75) is 43.1 Å². The second-order valence-electron chi connectivity index (χ2n) is 7.53. The molecule has 0 radical (unpaired) electrons. The van der Waals surface area contributed by atoms with Crippen molar-refractivity contribution in [3.05, 3.63) is 66.0 Å². The first kappa shape index (κ1) is 21.4. The Balaban J connectivity index is 1.73. The minimum atomic E-state index is -0.427. The highest BCUT2D eigenvalue weighted by Crippen LogP contribution is 2.39. The van der Waals surface area contributed by atoms with Gasteiger partial charge >= 0.3 is 0 Å². The van der Waals surface area contributed by atoms with Crippen LogP contribution < -0.4 is 5.43 Å². The molecule has 2 unspecified atom stereocenters. The summed E-state index contributed by atoms with van der Waals surface area (Å²) >= 11 is 1.41. The number of hydrogen-bond acceptors (Lipinski definition) is 5. The molecule has 1 aromatic heterocycles. The number of nitrogens with zero attached hydrogens (tertiary/aromatic N) is 4. The molecule has 1 N–H and O–H groups in total. The Morgan fingerprint density at radius 2 is 1.74 bits per heavy atom. The van der Waals surface area contributed by atoms with Crippen molar-refractivity contribution >= 4 is 17.7 Å². The summed E-state index contributed by atoms with van der Waals surface area (Å²) in [7, 11) is 0. The van der Waals surface area contributed by atoms with Crippen LogP contribution in [0.1, 0.15) is 38.3 Å². The van der Waals surface area contributed by atoms with E-state index < -0.39 is 5.25 Å². The van der Waals surface area contributed by atoms with E-state index in [0.717, 1.165) is 24.0 Å². The van der Waals surface area contributed by atoms with Gasteiger partial charge in [0.2, 0.25) is 11.1 Å². The van der Waals surface area contributed by atoms with Gasteiger partial charge < -0.3 is 10.3 Å². The van der Waals surface area contributed by atoms with Crippen LogP contribution in [0.15, 0.2) is 59.8 Å². The molecular weight excluding hydrogens is 413 g/mol. The lowest BCUT2D eigenvalue weighted by molar-refractivity contribution is -0.131. The Hall–Kier alpha value is -2.87. The summed E-state index contributed by atoms with van der Waals surface area (Å²) in [5, 5.41) is 8.92. The summed E-state index contributed by atoms with van der Waals surface area (Å²) in [6, 6.07) is 15.8. The minimum absolute atomic E-state index is 0.0611. The predicted molar refractivity (Wildman–Crippen MR) is 121 cm³/mol. The molecule has 1 aliphatic rings. The Kier molecular flexibility index (Phi) is 6.56. The Morgan fingerprint density at radius 1 is 1.06 bits per heavy atom. The third-order valence-electron chi connectivity index (χ3n) is 5.24. The van der Waals surface area contributed by atoms with E-state index >= 15 is 0 Å². The summed E-state index contributed by atoms with van der Waals surface area (Å²) < 4.78 is 15.4. The number of carbonyl (C=O) groups is 1. The van der Waals surface area contributed by atoms with Gasteiger partial charge in [-0.25, -0.2) is 9.07 Å². The van der Waals surface area contributed by atoms with Crippen LogP contribution in [0.25, 0.3) is 11.4 Å². The van der Waals surface area contributed by atoms with Gasteiger partial charge in [-0.05, 0) is 30.5 Å². The molecule has 2 atom stereocenters. The van der Waals surface area contributed by atoms with Crippen LogP contribution in [0.5, 0.6) is 0 Å². The number of fused-ring (bicyclic) bond motifs is 1. The lowest BCUT2D eigenvalue weighted by atomic mass is 10.0. The number of thioether (sulfide) groups is 1. The van der Waals surface area contributed by atoms with Crippen LogP contribution in [0.2, 0.25) is 0 Å². The monoisotopic (exact) mass is 439 g/mol. The molecule has 0 aliphatic carbocycles. The fourth-order valence-corrected chi connectivity index (χ4v) is 4.95. The van der Waals surface area contributed by atoms with Gasteiger partial charge in [0, 0.05) is 18.7 Å². The number of amides is 1. The molecule has 2 heterocycles. The van der Waals surface area contributed by atoms with Crippen LogP contribution in [-0.2, 0) is 4.79 Å². The largest absolute Gasteiger partial charge is 0.342 e. The molecule has 31 heavy (non-hydrogen) atoms. The maximum atomic E-state index is 13.6. The number of rotatable bonds is 7. The van der Waals surface area contributed by atoms with Crippen molar-refractivity contribution in [1.29, 1.82) is 0 Å². The van der Waals surface area contributed by atoms with Crippen molar-refractivity contribution in [3.8, 4) is 11.4 Å². The van der Waals surface area contributed by atoms with E-state index in [0.29, 0.717) is 24.1 Å². The van der Waals surface area contributed by atoms with E-state index in [1.807, 2.05) is 39.9 Å². The van der Waals surface area contributed by atoms with Gasteiger partial charge in [-0.2, -0.15) is 0 Å². The first-order valence-corrected chi connectivity index (χ1v) is 11.5. The third-order valence-corrected chi connectivity index (χ3v) is 6.44. The van der Waals surface area contributed by atoms with Gasteiger partial charge in [0.15, 0.2) is 5.82 Å². The normalized spacial score (nSPS) is 17.6. The van der Waals surface area contributed by atoms with Crippen LogP contribution >= 0.6 is 11.8 Å². The van der Waals surface area contributed by atoms with Crippen LogP contribution in [0, 0.1) is 5.82 Å². The maximum Gasteiger partial charge on any atom is 0.238 e. The molecule has 0 spiro atoms. The number of nitrogens with one attached hydrogen (secondary N) is 1. The SMILES string of the molecule is CCCN(CCC)C(=O)C1Sc2nnc(-c3ccccc3)n2NC1c1ccc(F)cc1. The van der Waals surface area contributed by atoms with E-state index in [-0.39, 0.29) is 17.8 Å². The third kappa shape index (κ3) is 4.44. The molecule has 1 aliphatic heterocycles. The molecule has 8 heteroatoms. The highest BCUT2D eigenvalue weighted by molar-refractivity contribution is 8.00. The Labute approximate surface area is 185 Å². The number of carbonyl (C=O) groups excluding carboxylic acids is 1. The first-order valence-electron chi connectivity index (χ1n) is 10.6. The van der Waals surface area contributed by atoms with Gasteiger partial charge in [0.25, 0.3) is 0 Å². The molecule has 0 fully saturated rings. The molecule has 6 nitrogen and oxygen atoms in total. The summed E-state index contributed by atoms with van der Waals surface area (Å²) in [6.07, 6.45) is 1.79. The summed E-state index contributed by atoms with van der Waals surface area (Å²) in [5.41, 5.74) is 5.22. The van der Waals surface area contributed by atoms with Crippen molar-refractivity contribution in [2.75, 3.05) is 18.5 Å². The van der Waals surface area contributed by atoms with E-state index in [2.05, 4.69) is 29.5 Å². The molecule has 0 bridgehead atoms. The zero-order chi connectivity index (χ0) is 21.8. The molecule has 0 saturated carbocycles. The van der Waals surface area contributed by atoms with Crippen LogP contribution in [0.4, 0.5) is 4.39 Å². The predicted octanol–water partition coefficient (Wildman–Crippen LogP) is 4.49. The summed E-state index contributed by atoms with van der Waals surface area (Å²) in [5.74, 6) is 0.440. The number of benzene rings is 2. The number of halogens is 1. The first-order chi connectivity index (χ1) is 15.1. The second-order valence-corrected chi connectivity index (χ2v) is 8.64. The van der Waals surface area contributed by atoms with Gasteiger partial charge in [-0.1, -0.05) is 68.1 Å². The zero-order valence-electron chi connectivity index (χ0n) is 17.7. The highest BCUT2D eigenvalue weighted by atomic mass is 32.2. The summed E-state index contributed by atoms with van der Waals surface area (Å²) in [4.78, 5) is 15.5. The Bertz CT molecular complexity index is 1020. The number of hydrogen-bond donors (Lipinski definition) is 1. The quantitative estimate of drug-likeness (QED) is 0.588. The molecule has 4 rings (SSSR count). The average molecular weight is 440 g/mol. The molecule has 2 aromatic carbocycles. The lowest BCUT2D eigenvalue weighted by Gasteiger charge is -2.36. The maximum absolute atomic E-state index is 13.6. The highest BCUT2D eigenvalue weighted by Gasteiger charge is 2.39. The van der Waals surface area contributed by atoms with E-state index in [9.17, 15) is 9.18 Å². The zero-order valence-corrected chi connectivity index (χ0v) is 18.5. The van der Waals surface area contributed by atoms with Gasteiger partial charge in [-0.15, -0.1) is 10.2 Å². The van der Waals surface area contributed by atoms with Gasteiger partial charge in [-0.3, -0.25) is 4.79 Å². The molecule has 162 valence electrons. The van der Waals surface area contributed by atoms with Crippen molar-refractivity contribution in [1.82, 2.24) is 19.8 Å². The van der Waals surface area contributed by atoms with Crippen LogP contribution in [0.3, 0.4) is 0 Å². The molecule has 0 saturated heterocycles. The van der Waals surface area contributed by atoms with E-state index in [1.54, 1.807) is 12.1 Å². The fourth-order valence-electron chi connectivity index (χ4n) is 3.79. The van der Waals surface area contributed by atoms with E-state index in [4.69, 9.17) is 0 Å². The van der Waals surface area contributed by atoms with Crippen molar-refractivity contribution < 1.29 is 9.18 Å². The molecule has 1 amide bonds. The lowest BCUT2D eigenvalue weighted by Crippen LogP contribution is -2.46. The van der Waals surface area contributed by atoms with Gasteiger partial charge in [0.1, 0.15) is 11.1 Å². The van der Waals surface area contributed by atoms with Gasteiger partial charge in [0.05, 0.1) is 6.04 Å². The van der Waals surface area contributed by atoms with Crippen molar-refractivity contribution in [2.24, 2.45) is 0 Å².